The molecule has 0 fully saturated rings. The molecular weight excluding hydrogens is 463 g/mol. The van der Waals surface area contributed by atoms with E-state index < -0.39 is 15.7 Å². The van der Waals surface area contributed by atoms with E-state index in [1.54, 1.807) is 31.3 Å². The zero-order valence-electron chi connectivity index (χ0n) is 18.2. The van der Waals surface area contributed by atoms with Gasteiger partial charge < -0.3 is 10.1 Å². The third-order valence-electron chi connectivity index (χ3n) is 4.98. The number of nitrogens with one attached hydrogen (secondary N) is 1. The highest BCUT2D eigenvalue weighted by molar-refractivity contribution is 7.90. The van der Waals surface area contributed by atoms with Crippen molar-refractivity contribution < 1.29 is 17.5 Å². The van der Waals surface area contributed by atoms with E-state index in [4.69, 9.17) is 4.74 Å². The summed E-state index contributed by atoms with van der Waals surface area (Å²) in [6.07, 6.45) is 3.69. The van der Waals surface area contributed by atoms with E-state index in [0.29, 0.717) is 39.6 Å². The molecule has 0 unspecified atom stereocenters. The van der Waals surface area contributed by atoms with E-state index in [0.717, 1.165) is 11.8 Å². The second kappa shape index (κ2) is 7.95. The van der Waals surface area contributed by atoms with Crippen LogP contribution in [-0.2, 0) is 16.9 Å². The summed E-state index contributed by atoms with van der Waals surface area (Å²) in [5.74, 6) is 0.645. The van der Waals surface area contributed by atoms with Crippen molar-refractivity contribution in [2.24, 2.45) is 7.05 Å². The fourth-order valence-corrected chi connectivity index (χ4v) is 3.89. The number of hydrogen-bond donors (Lipinski definition) is 1. The molecule has 3 aromatic heterocycles. The van der Waals surface area contributed by atoms with Crippen LogP contribution in [0.2, 0.25) is 0 Å². The SMILES string of the molecule is Cc1cc(Nc2ncnc3cnc(S(C)(=O)=O)nc23)ccc1Oc1cc(F)c2c(c1)nnn2C. The summed E-state index contributed by atoms with van der Waals surface area (Å²) in [6, 6.07) is 8.16. The minimum atomic E-state index is -3.60. The quantitative estimate of drug-likeness (QED) is 0.373. The van der Waals surface area contributed by atoms with Gasteiger partial charge in [0.2, 0.25) is 15.0 Å². The number of benzene rings is 2. The Bertz CT molecular complexity index is 1690. The monoisotopic (exact) mass is 480 g/mol. The first-order valence-corrected chi connectivity index (χ1v) is 11.8. The predicted octanol–water partition coefficient (Wildman–Crippen LogP) is 3.09. The van der Waals surface area contributed by atoms with Gasteiger partial charge in [0.15, 0.2) is 11.6 Å². The molecule has 0 amide bonds. The molecule has 0 atom stereocenters. The Morgan fingerprint density at radius 2 is 1.91 bits per heavy atom. The smallest absolute Gasteiger partial charge is 0.247 e. The fourth-order valence-electron chi connectivity index (χ4n) is 3.39. The van der Waals surface area contributed by atoms with Crippen LogP contribution in [0.5, 0.6) is 11.5 Å². The Hall–Kier alpha value is -4.26. The van der Waals surface area contributed by atoms with Crippen LogP contribution < -0.4 is 10.1 Å². The van der Waals surface area contributed by atoms with Gasteiger partial charge >= 0.3 is 0 Å². The molecule has 0 aliphatic carbocycles. The summed E-state index contributed by atoms with van der Waals surface area (Å²) in [5.41, 5.74) is 2.75. The second-order valence-electron chi connectivity index (χ2n) is 7.57. The number of ether oxygens (including phenoxy) is 1. The van der Waals surface area contributed by atoms with Gasteiger partial charge in [-0.25, -0.2) is 37.4 Å². The first-order valence-electron chi connectivity index (χ1n) is 9.91. The van der Waals surface area contributed by atoms with Gasteiger partial charge in [0.1, 0.15) is 39.9 Å². The highest BCUT2D eigenvalue weighted by Crippen LogP contribution is 2.31. The van der Waals surface area contributed by atoms with Crippen LogP contribution in [0.25, 0.3) is 22.1 Å². The number of nitrogens with zero attached hydrogens (tertiary/aromatic N) is 7. The molecular formula is C21H17FN8O3S. The zero-order valence-corrected chi connectivity index (χ0v) is 19.0. The highest BCUT2D eigenvalue weighted by Gasteiger charge is 2.16. The molecule has 0 aliphatic rings. The van der Waals surface area contributed by atoms with E-state index in [1.807, 2.05) is 6.92 Å². The summed E-state index contributed by atoms with van der Waals surface area (Å²) in [4.78, 5) is 16.2. The van der Waals surface area contributed by atoms with Crippen LogP contribution in [0.3, 0.4) is 0 Å². The number of rotatable bonds is 5. The molecule has 2 aromatic carbocycles. The van der Waals surface area contributed by atoms with Crippen molar-refractivity contribution in [2.75, 3.05) is 11.6 Å². The molecule has 11 nitrogen and oxygen atoms in total. The molecule has 34 heavy (non-hydrogen) atoms. The van der Waals surface area contributed by atoms with Gasteiger partial charge in [-0.1, -0.05) is 5.21 Å². The summed E-state index contributed by atoms with van der Waals surface area (Å²) < 4.78 is 45.4. The number of fused-ring (bicyclic) bond motifs is 2. The Labute approximate surface area is 192 Å². The molecule has 0 bridgehead atoms. The van der Waals surface area contributed by atoms with Gasteiger partial charge in [0, 0.05) is 31.1 Å². The van der Waals surface area contributed by atoms with Crippen LogP contribution in [-0.4, -0.2) is 49.6 Å². The number of halogens is 1. The molecule has 0 radical (unpaired) electrons. The summed E-state index contributed by atoms with van der Waals surface area (Å²) in [6.45, 7) is 1.83. The van der Waals surface area contributed by atoms with Crippen LogP contribution in [0.1, 0.15) is 5.56 Å². The van der Waals surface area contributed by atoms with E-state index in [9.17, 15) is 12.8 Å². The fraction of sp³-hybridized carbons (Fsp3) is 0.143. The van der Waals surface area contributed by atoms with Gasteiger partial charge in [0.25, 0.3) is 0 Å². The molecule has 0 saturated heterocycles. The molecule has 0 saturated carbocycles. The van der Waals surface area contributed by atoms with Crippen molar-refractivity contribution in [2.45, 2.75) is 12.1 Å². The van der Waals surface area contributed by atoms with Gasteiger partial charge in [-0.15, -0.1) is 5.10 Å². The van der Waals surface area contributed by atoms with Gasteiger partial charge in [-0.3, -0.25) is 0 Å². The van der Waals surface area contributed by atoms with Crippen LogP contribution in [0.4, 0.5) is 15.9 Å². The van der Waals surface area contributed by atoms with Gasteiger partial charge in [-0.2, -0.15) is 0 Å². The second-order valence-corrected chi connectivity index (χ2v) is 9.48. The van der Waals surface area contributed by atoms with E-state index in [1.165, 1.54) is 23.3 Å². The van der Waals surface area contributed by atoms with Crippen molar-refractivity contribution in [1.29, 1.82) is 0 Å². The number of sulfone groups is 1. The highest BCUT2D eigenvalue weighted by atomic mass is 32.2. The maximum Gasteiger partial charge on any atom is 0.247 e. The van der Waals surface area contributed by atoms with Crippen LogP contribution in [0.15, 0.2) is 48.0 Å². The van der Waals surface area contributed by atoms with Crippen molar-refractivity contribution in [3.05, 3.63) is 54.2 Å². The first kappa shape index (κ1) is 21.6. The van der Waals surface area contributed by atoms with Gasteiger partial charge in [0.05, 0.1) is 6.20 Å². The normalized spacial score (nSPS) is 11.8. The van der Waals surface area contributed by atoms with Crippen molar-refractivity contribution >= 4 is 43.4 Å². The lowest BCUT2D eigenvalue weighted by molar-refractivity contribution is 0.474. The maximum absolute atomic E-state index is 14.4. The largest absolute Gasteiger partial charge is 0.457 e. The average molecular weight is 480 g/mol. The molecule has 0 aliphatic heterocycles. The predicted molar refractivity (Wildman–Crippen MR) is 121 cm³/mol. The third-order valence-corrected chi connectivity index (χ3v) is 5.84. The minimum absolute atomic E-state index is 0.267. The number of aromatic nitrogens is 7. The maximum atomic E-state index is 14.4. The number of aryl methyl sites for hydroxylation is 2. The Kier molecular flexibility index (Phi) is 5.05. The molecule has 13 heteroatoms. The van der Waals surface area contributed by atoms with Crippen LogP contribution >= 0.6 is 0 Å². The van der Waals surface area contributed by atoms with Gasteiger partial charge in [-0.05, 0) is 30.7 Å². The molecule has 5 rings (SSSR count). The first-order chi connectivity index (χ1) is 16.2. The lowest BCUT2D eigenvalue weighted by atomic mass is 10.2. The number of anilines is 2. The Balaban J connectivity index is 1.44. The summed E-state index contributed by atoms with van der Waals surface area (Å²) in [7, 11) is -1.99. The van der Waals surface area contributed by atoms with E-state index >= 15 is 0 Å². The Morgan fingerprint density at radius 3 is 2.68 bits per heavy atom. The topological polar surface area (TPSA) is 138 Å². The minimum Gasteiger partial charge on any atom is -0.457 e. The van der Waals surface area contributed by atoms with E-state index in [-0.39, 0.29) is 10.7 Å². The van der Waals surface area contributed by atoms with Crippen molar-refractivity contribution in [1.82, 2.24) is 34.9 Å². The molecule has 5 aromatic rings. The number of hydrogen-bond acceptors (Lipinski definition) is 10. The van der Waals surface area contributed by atoms with Crippen LogP contribution in [0, 0.1) is 12.7 Å². The lowest BCUT2D eigenvalue weighted by Gasteiger charge is -2.12. The van der Waals surface area contributed by atoms with Crippen molar-refractivity contribution in [3.8, 4) is 11.5 Å². The Morgan fingerprint density at radius 1 is 1.09 bits per heavy atom. The lowest BCUT2D eigenvalue weighted by Crippen LogP contribution is -2.06. The molecule has 3 heterocycles. The summed E-state index contributed by atoms with van der Waals surface area (Å²) >= 11 is 0. The third kappa shape index (κ3) is 3.96. The average Bonchev–Trinajstić information content (AvgIpc) is 3.16. The molecule has 1 N–H and O–H groups in total. The zero-order chi connectivity index (χ0) is 24.0. The molecule has 0 spiro atoms. The summed E-state index contributed by atoms with van der Waals surface area (Å²) in [5, 5.41) is 10.6. The van der Waals surface area contributed by atoms with E-state index in [2.05, 4.69) is 35.6 Å². The van der Waals surface area contributed by atoms with Crippen molar-refractivity contribution in [3.63, 3.8) is 0 Å². The molecule has 172 valence electrons. The standard InChI is InChI=1S/C21H17FN8O3S/c1-11-6-12(26-20-18-16(24-10-25-20)9-23-21(27-18)34(3,31)32)4-5-17(11)33-13-7-14(22)19-15(8-13)28-29-30(19)2/h4-10H,1-3H3,(H,24,25,26).